The van der Waals surface area contributed by atoms with Gasteiger partial charge in [-0.25, -0.2) is 0 Å². The molecule has 0 saturated heterocycles. The molecule has 2 rings (SSSR count). The summed E-state index contributed by atoms with van der Waals surface area (Å²) < 4.78 is 77.7. The van der Waals surface area contributed by atoms with Crippen LogP contribution in [0.4, 0.5) is 26.3 Å². The highest BCUT2D eigenvalue weighted by Crippen LogP contribution is 2.35. The summed E-state index contributed by atoms with van der Waals surface area (Å²) in [6, 6.07) is 5.28. The number of hydrogen-bond acceptors (Lipinski definition) is 2. The van der Waals surface area contributed by atoms with E-state index in [9.17, 15) is 26.3 Å². The van der Waals surface area contributed by atoms with Crippen LogP contribution in [0, 0.1) is 0 Å². The molecule has 0 unspecified atom stereocenters. The van der Waals surface area contributed by atoms with Crippen molar-refractivity contribution in [2.45, 2.75) is 12.5 Å². The predicted molar refractivity (Wildman–Crippen MR) is 66.4 cm³/mol. The van der Waals surface area contributed by atoms with Gasteiger partial charge < -0.3 is 4.74 Å². The molecule has 0 aliphatic rings. The Hall–Kier alpha value is -1.96. The van der Waals surface area contributed by atoms with E-state index in [0.717, 1.165) is 12.1 Å². The molecule has 0 aliphatic heterocycles. The Kier molecular flexibility index (Phi) is 4.23. The molecule has 9 heteroatoms. The zero-order valence-corrected chi connectivity index (χ0v) is 11.2. The molecule has 0 radical (unpaired) electrons. The minimum Gasteiger partial charge on any atom is -0.406 e. The molecule has 0 fully saturated rings. The van der Waals surface area contributed by atoms with Crippen molar-refractivity contribution < 1.29 is 31.1 Å². The van der Waals surface area contributed by atoms with Crippen LogP contribution >= 0.6 is 11.6 Å². The van der Waals surface area contributed by atoms with Gasteiger partial charge in [0.1, 0.15) is 5.75 Å². The van der Waals surface area contributed by atoms with Gasteiger partial charge in [-0.15, -0.1) is 13.2 Å². The monoisotopic (exact) mass is 341 g/mol. The van der Waals surface area contributed by atoms with Crippen molar-refractivity contribution in [2.75, 3.05) is 0 Å². The summed E-state index contributed by atoms with van der Waals surface area (Å²) >= 11 is 5.73. The third-order valence-electron chi connectivity index (χ3n) is 2.51. The Bertz CT molecular complexity index is 683. The molecule has 1 heterocycles. The largest absolute Gasteiger partial charge is 0.573 e. The highest BCUT2D eigenvalue weighted by atomic mass is 35.5. The van der Waals surface area contributed by atoms with Gasteiger partial charge in [0.2, 0.25) is 0 Å². The number of rotatable bonds is 2. The number of hydrogen-bond donors (Lipinski definition) is 0. The lowest BCUT2D eigenvalue weighted by atomic mass is 10.1. The van der Waals surface area contributed by atoms with Crippen LogP contribution in [0.15, 0.2) is 36.5 Å². The highest BCUT2D eigenvalue weighted by Gasteiger charge is 2.32. The molecule has 0 saturated carbocycles. The van der Waals surface area contributed by atoms with Crippen LogP contribution in [0.3, 0.4) is 0 Å². The lowest BCUT2D eigenvalue weighted by Gasteiger charge is -2.11. The Balaban J connectivity index is 2.38. The minimum absolute atomic E-state index is 0.0812. The summed E-state index contributed by atoms with van der Waals surface area (Å²) in [6.45, 7) is 0. The first-order valence-corrected chi connectivity index (χ1v) is 6.03. The van der Waals surface area contributed by atoms with E-state index in [4.69, 9.17) is 11.6 Å². The van der Waals surface area contributed by atoms with Crippen LogP contribution in [-0.2, 0) is 6.18 Å². The fraction of sp³-hybridized carbons (Fsp3) is 0.154. The van der Waals surface area contributed by atoms with Gasteiger partial charge in [-0.2, -0.15) is 13.2 Å². The Morgan fingerprint density at radius 1 is 1.00 bits per heavy atom. The summed E-state index contributed by atoms with van der Waals surface area (Å²) in [5.74, 6) is -0.525. The smallest absolute Gasteiger partial charge is 0.406 e. The molecule has 0 aliphatic carbocycles. The van der Waals surface area contributed by atoms with Gasteiger partial charge in [-0.05, 0) is 18.2 Å². The number of alkyl halides is 6. The first-order valence-electron chi connectivity index (χ1n) is 5.65. The van der Waals surface area contributed by atoms with Gasteiger partial charge in [0.25, 0.3) is 0 Å². The van der Waals surface area contributed by atoms with Crippen LogP contribution in [0.1, 0.15) is 5.56 Å². The molecular formula is C13H6ClF6NO. The minimum atomic E-state index is -4.88. The first kappa shape index (κ1) is 16.4. The second kappa shape index (κ2) is 5.68. The predicted octanol–water partition coefficient (Wildman–Crippen LogP) is 5.32. The Morgan fingerprint density at radius 2 is 1.68 bits per heavy atom. The van der Waals surface area contributed by atoms with E-state index in [0.29, 0.717) is 12.3 Å². The highest BCUT2D eigenvalue weighted by molar-refractivity contribution is 6.33. The third-order valence-corrected chi connectivity index (χ3v) is 2.80. The maximum Gasteiger partial charge on any atom is 0.573 e. The third kappa shape index (κ3) is 4.03. The zero-order chi connectivity index (χ0) is 16.5. The van der Waals surface area contributed by atoms with Crippen molar-refractivity contribution in [3.8, 4) is 17.0 Å². The van der Waals surface area contributed by atoms with E-state index >= 15 is 0 Å². The van der Waals surface area contributed by atoms with Gasteiger partial charge in [-0.1, -0.05) is 23.7 Å². The number of aromatic nitrogens is 1. The van der Waals surface area contributed by atoms with E-state index in [1.165, 1.54) is 12.1 Å². The van der Waals surface area contributed by atoms with Gasteiger partial charge in [0.05, 0.1) is 16.3 Å². The molecule has 0 spiro atoms. The molecule has 0 atom stereocenters. The molecule has 22 heavy (non-hydrogen) atoms. The van der Waals surface area contributed by atoms with E-state index in [2.05, 4.69) is 9.72 Å². The summed E-state index contributed by atoms with van der Waals surface area (Å²) in [5, 5.41) is -0.334. The summed E-state index contributed by atoms with van der Waals surface area (Å²) in [6.07, 6.45) is -8.94. The maximum absolute atomic E-state index is 12.5. The molecule has 1 aromatic heterocycles. The number of nitrogens with zero attached hydrogens (tertiary/aromatic N) is 1. The molecule has 2 aromatic rings. The summed E-state index contributed by atoms with van der Waals surface area (Å²) in [4.78, 5) is 3.56. The van der Waals surface area contributed by atoms with E-state index in [-0.39, 0.29) is 16.3 Å². The average Bonchev–Trinajstić information content (AvgIpc) is 2.35. The van der Waals surface area contributed by atoms with Crippen molar-refractivity contribution in [2.24, 2.45) is 0 Å². The topological polar surface area (TPSA) is 22.1 Å². The number of pyridine rings is 1. The molecule has 1 aromatic carbocycles. The summed E-state index contributed by atoms with van der Waals surface area (Å²) in [7, 11) is 0. The number of benzene rings is 1. The zero-order valence-electron chi connectivity index (χ0n) is 10.5. The van der Waals surface area contributed by atoms with Crippen LogP contribution in [0.5, 0.6) is 5.75 Å². The average molecular weight is 342 g/mol. The van der Waals surface area contributed by atoms with Crippen LogP contribution in [0.25, 0.3) is 11.3 Å². The SMILES string of the molecule is FC(F)(F)Oc1cccc(-c2ncc(C(F)(F)F)cc2Cl)c1. The maximum atomic E-state index is 12.5. The van der Waals surface area contributed by atoms with Gasteiger partial charge in [0.15, 0.2) is 0 Å². The van der Waals surface area contributed by atoms with Gasteiger partial charge in [-0.3, -0.25) is 4.98 Å². The Morgan fingerprint density at radius 3 is 2.23 bits per heavy atom. The van der Waals surface area contributed by atoms with E-state index in [1.54, 1.807) is 0 Å². The van der Waals surface area contributed by atoms with Crippen LogP contribution in [-0.4, -0.2) is 11.3 Å². The fourth-order valence-corrected chi connectivity index (χ4v) is 1.92. The lowest BCUT2D eigenvalue weighted by molar-refractivity contribution is -0.274. The normalized spacial score (nSPS) is 12.3. The fourth-order valence-electron chi connectivity index (χ4n) is 1.65. The van der Waals surface area contributed by atoms with Crippen molar-refractivity contribution >= 4 is 11.6 Å². The van der Waals surface area contributed by atoms with Crippen LogP contribution in [0.2, 0.25) is 5.02 Å². The second-order valence-corrected chi connectivity index (χ2v) is 4.54. The molecule has 0 N–H and O–H groups in total. The standard InChI is InChI=1S/C13H6ClF6NO/c14-10-5-8(12(15,16)17)6-21-11(10)7-2-1-3-9(4-7)22-13(18,19)20/h1-6H. The van der Waals surface area contributed by atoms with Gasteiger partial charge in [0, 0.05) is 11.8 Å². The summed E-state index contributed by atoms with van der Waals surface area (Å²) in [5.41, 5.74) is -1.04. The first-order chi connectivity index (χ1) is 10.1. The Labute approximate surface area is 125 Å². The molecule has 118 valence electrons. The number of ether oxygens (including phenoxy) is 1. The molecular weight excluding hydrogens is 336 g/mol. The van der Waals surface area contributed by atoms with E-state index < -0.39 is 23.9 Å². The van der Waals surface area contributed by atoms with E-state index in [1.807, 2.05) is 0 Å². The molecule has 0 bridgehead atoms. The second-order valence-electron chi connectivity index (χ2n) is 4.13. The quantitative estimate of drug-likeness (QED) is 0.690. The van der Waals surface area contributed by atoms with Crippen molar-refractivity contribution in [3.63, 3.8) is 0 Å². The molecule has 2 nitrogen and oxygen atoms in total. The number of halogens is 7. The lowest BCUT2D eigenvalue weighted by Crippen LogP contribution is -2.17. The van der Waals surface area contributed by atoms with Crippen molar-refractivity contribution in [3.05, 3.63) is 47.1 Å². The molecule has 0 amide bonds. The van der Waals surface area contributed by atoms with Crippen LogP contribution < -0.4 is 4.74 Å². The van der Waals surface area contributed by atoms with Gasteiger partial charge >= 0.3 is 12.5 Å². The van der Waals surface area contributed by atoms with Crippen molar-refractivity contribution in [1.82, 2.24) is 4.98 Å². The van der Waals surface area contributed by atoms with Crippen molar-refractivity contribution in [1.29, 1.82) is 0 Å².